The molecule has 0 bridgehead atoms. The van der Waals surface area contributed by atoms with E-state index in [9.17, 15) is 4.79 Å². The third kappa shape index (κ3) is 3.99. The van der Waals surface area contributed by atoms with Crippen molar-refractivity contribution in [1.29, 1.82) is 0 Å². The first-order valence-electron chi connectivity index (χ1n) is 4.84. The Morgan fingerprint density at radius 1 is 1.38 bits per heavy atom. The fourth-order valence-corrected chi connectivity index (χ4v) is 1.13. The molecule has 0 aromatic heterocycles. The fourth-order valence-electron chi connectivity index (χ4n) is 1.13. The van der Waals surface area contributed by atoms with E-state index in [-0.39, 0.29) is 6.61 Å². The summed E-state index contributed by atoms with van der Waals surface area (Å²) >= 11 is 0. The lowest BCUT2D eigenvalue weighted by Gasteiger charge is -1.96. The highest BCUT2D eigenvalue weighted by molar-refractivity contribution is 5.85. The molecular weight excluding hydrogens is 204 g/mol. The Bertz CT molecular complexity index is 450. The summed E-state index contributed by atoms with van der Waals surface area (Å²) in [6, 6.07) is 7.26. The van der Waals surface area contributed by atoms with E-state index >= 15 is 0 Å². The number of aliphatic hydroxyl groups is 1. The van der Waals surface area contributed by atoms with Crippen LogP contribution in [0.5, 0.6) is 0 Å². The first kappa shape index (κ1) is 12.0. The number of hydrogen-bond acceptors (Lipinski definition) is 2. The molecule has 16 heavy (non-hydrogen) atoms. The second kappa shape index (κ2) is 6.44. The van der Waals surface area contributed by atoms with Gasteiger partial charge in [-0.25, -0.2) is 4.79 Å². The fraction of sp³-hybridized carbons (Fsp3) is 0.154. The Hall–Kier alpha value is -2.05. The minimum Gasteiger partial charge on any atom is -0.478 e. The van der Waals surface area contributed by atoms with Gasteiger partial charge in [-0.15, -0.1) is 0 Å². The summed E-state index contributed by atoms with van der Waals surface area (Å²) in [4.78, 5) is 10.4. The van der Waals surface area contributed by atoms with E-state index in [1.165, 1.54) is 6.08 Å². The largest absolute Gasteiger partial charge is 0.478 e. The molecule has 0 aliphatic rings. The first-order chi connectivity index (χ1) is 7.74. The summed E-state index contributed by atoms with van der Waals surface area (Å²) in [7, 11) is 0. The molecule has 0 amide bonds. The second-order valence-corrected chi connectivity index (χ2v) is 3.03. The zero-order valence-corrected chi connectivity index (χ0v) is 8.68. The smallest absolute Gasteiger partial charge is 0.328 e. The zero-order valence-electron chi connectivity index (χ0n) is 8.68. The maximum absolute atomic E-state index is 10.4. The molecule has 0 atom stereocenters. The van der Waals surface area contributed by atoms with Gasteiger partial charge >= 0.3 is 5.97 Å². The van der Waals surface area contributed by atoms with Gasteiger partial charge in [0.2, 0.25) is 0 Å². The number of benzene rings is 1. The van der Waals surface area contributed by atoms with E-state index in [0.29, 0.717) is 6.42 Å². The molecule has 0 radical (unpaired) electrons. The van der Waals surface area contributed by atoms with Gasteiger partial charge in [-0.05, 0) is 17.7 Å². The third-order valence-electron chi connectivity index (χ3n) is 1.83. The Morgan fingerprint density at radius 2 is 2.12 bits per heavy atom. The van der Waals surface area contributed by atoms with Crippen LogP contribution in [0.1, 0.15) is 17.5 Å². The lowest BCUT2D eigenvalue weighted by atomic mass is 10.1. The minimum atomic E-state index is -0.988. The van der Waals surface area contributed by atoms with Crippen molar-refractivity contribution in [3.05, 3.63) is 41.5 Å². The SMILES string of the molecule is O=C(O)C=Cc1ccccc1C#CCCO. The monoisotopic (exact) mass is 216 g/mol. The van der Waals surface area contributed by atoms with E-state index in [1.54, 1.807) is 6.07 Å². The molecule has 0 unspecified atom stereocenters. The molecule has 0 saturated heterocycles. The van der Waals surface area contributed by atoms with Crippen molar-refractivity contribution < 1.29 is 15.0 Å². The normalized spacial score (nSPS) is 9.81. The molecule has 0 spiro atoms. The van der Waals surface area contributed by atoms with Crippen molar-refractivity contribution >= 4 is 12.0 Å². The topological polar surface area (TPSA) is 57.5 Å². The Labute approximate surface area is 94.0 Å². The summed E-state index contributed by atoms with van der Waals surface area (Å²) < 4.78 is 0. The van der Waals surface area contributed by atoms with Crippen LogP contribution in [-0.2, 0) is 4.79 Å². The molecule has 1 rings (SSSR count). The van der Waals surface area contributed by atoms with E-state index in [4.69, 9.17) is 10.2 Å². The van der Waals surface area contributed by atoms with Crippen LogP contribution in [0.25, 0.3) is 6.08 Å². The van der Waals surface area contributed by atoms with Crippen LogP contribution in [0.15, 0.2) is 30.3 Å². The number of carbonyl (C=O) groups is 1. The van der Waals surface area contributed by atoms with Gasteiger partial charge in [0.1, 0.15) is 0 Å². The predicted molar refractivity (Wildman–Crippen MR) is 61.7 cm³/mol. The molecule has 3 heteroatoms. The zero-order chi connectivity index (χ0) is 11.8. The quantitative estimate of drug-likeness (QED) is 0.595. The Morgan fingerprint density at radius 3 is 2.81 bits per heavy atom. The molecule has 0 heterocycles. The average Bonchev–Trinajstić information content (AvgIpc) is 2.28. The van der Waals surface area contributed by atoms with Gasteiger partial charge in [-0.1, -0.05) is 30.0 Å². The van der Waals surface area contributed by atoms with Crippen LogP contribution in [0.2, 0.25) is 0 Å². The van der Waals surface area contributed by atoms with E-state index in [0.717, 1.165) is 17.2 Å². The summed E-state index contributed by atoms with van der Waals surface area (Å²) in [6.07, 6.45) is 2.99. The van der Waals surface area contributed by atoms with Crippen molar-refractivity contribution in [1.82, 2.24) is 0 Å². The third-order valence-corrected chi connectivity index (χ3v) is 1.83. The van der Waals surface area contributed by atoms with Gasteiger partial charge in [-0.3, -0.25) is 0 Å². The van der Waals surface area contributed by atoms with Crippen molar-refractivity contribution in [3.8, 4) is 11.8 Å². The molecule has 82 valence electrons. The Balaban J connectivity index is 2.93. The standard InChI is InChI=1S/C13H12O3/c14-10-4-3-7-11-5-1-2-6-12(11)8-9-13(15)16/h1-2,5-6,8-9,14H,4,10H2,(H,15,16). The summed E-state index contributed by atoms with van der Waals surface area (Å²) in [5.41, 5.74) is 1.52. The number of carboxylic acid groups (broad SMARTS) is 1. The van der Waals surface area contributed by atoms with Crippen LogP contribution in [0.3, 0.4) is 0 Å². The predicted octanol–water partition coefficient (Wildman–Crippen LogP) is 1.52. The number of aliphatic hydroxyl groups excluding tert-OH is 1. The van der Waals surface area contributed by atoms with Gasteiger partial charge in [0.25, 0.3) is 0 Å². The number of aliphatic carboxylic acids is 1. The summed E-state index contributed by atoms with van der Waals surface area (Å²) in [5.74, 6) is 4.69. The van der Waals surface area contributed by atoms with Gasteiger partial charge < -0.3 is 10.2 Å². The highest BCUT2D eigenvalue weighted by Gasteiger charge is 1.95. The number of rotatable bonds is 3. The van der Waals surface area contributed by atoms with Gasteiger partial charge in [0, 0.05) is 18.1 Å². The molecule has 1 aromatic carbocycles. The van der Waals surface area contributed by atoms with Crippen LogP contribution in [-0.4, -0.2) is 22.8 Å². The van der Waals surface area contributed by atoms with Gasteiger partial charge in [0.05, 0.1) is 6.61 Å². The highest BCUT2D eigenvalue weighted by Crippen LogP contribution is 2.09. The molecule has 2 N–H and O–H groups in total. The Kier molecular flexibility index (Phi) is 4.84. The molecule has 0 aliphatic carbocycles. The lowest BCUT2D eigenvalue weighted by Crippen LogP contribution is -1.87. The lowest BCUT2D eigenvalue weighted by molar-refractivity contribution is -0.131. The molecule has 3 nitrogen and oxygen atoms in total. The second-order valence-electron chi connectivity index (χ2n) is 3.03. The van der Waals surface area contributed by atoms with Crippen molar-refractivity contribution in [2.45, 2.75) is 6.42 Å². The molecule has 0 saturated carbocycles. The molecule has 1 aromatic rings. The molecular formula is C13H12O3. The van der Waals surface area contributed by atoms with Crippen molar-refractivity contribution in [3.63, 3.8) is 0 Å². The van der Waals surface area contributed by atoms with Crippen LogP contribution in [0.4, 0.5) is 0 Å². The van der Waals surface area contributed by atoms with Gasteiger partial charge in [-0.2, -0.15) is 0 Å². The number of hydrogen-bond donors (Lipinski definition) is 2. The summed E-state index contributed by atoms with van der Waals surface area (Å²) in [6.45, 7) is 0.0279. The molecule has 0 fully saturated rings. The first-order valence-corrected chi connectivity index (χ1v) is 4.84. The maximum Gasteiger partial charge on any atom is 0.328 e. The van der Waals surface area contributed by atoms with Crippen molar-refractivity contribution in [2.24, 2.45) is 0 Å². The average molecular weight is 216 g/mol. The molecule has 0 aliphatic heterocycles. The summed E-state index contributed by atoms with van der Waals surface area (Å²) in [5, 5.41) is 17.1. The van der Waals surface area contributed by atoms with Crippen molar-refractivity contribution in [2.75, 3.05) is 6.61 Å². The van der Waals surface area contributed by atoms with E-state index in [2.05, 4.69) is 11.8 Å². The minimum absolute atomic E-state index is 0.0279. The van der Waals surface area contributed by atoms with E-state index < -0.39 is 5.97 Å². The number of carboxylic acids is 1. The van der Waals surface area contributed by atoms with Crippen LogP contribution < -0.4 is 0 Å². The maximum atomic E-state index is 10.4. The van der Waals surface area contributed by atoms with Crippen LogP contribution in [0, 0.1) is 11.8 Å². The highest BCUT2D eigenvalue weighted by atomic mass is 16.4. The van der Waals surface area contributed by atoms with E-state index in [1.807, 2.05) is 18.2 Å². The van der Waals surface area contributed by atoms with Gasteiger partial charge in [0.15, 0.2) is 0 Å². The van der Waals surface area contributed by atoms with Crippen LogP contribution >= 0.6 is 0 Å².